The first-order valence-electron chi connectivity index (χ1n) is 5.92. The monoisotopic (exact) mass is 274 g/mol. The molecule has 0 aliphatic rings. The number of hydrogen-bond donors (Lipinski definition) is 2. The molecule has 2 unspecified atom stereocenters. The maximum absolute atomic E-state index is 13.2. The average molecular weight is 275 g/mol. The second-order valence-electron chi connectivity index (χ2n) is 4.66. The van der Waals surface area contributed by atoms with Crippen LogP contribution in [-0.2, 0) is 11.2 Å². The van der Waals surface area contributed by atoms with Gasteiger partial charge < -0.3 is 4.74 Å². The molecule has 0 spiro atoms. The van der Waals surface area contributed by atoms with Gasteiger partial charge in [0.15, 0.2) is 0 Å². The quantitative estimate of drug-likeness (QED) is 0.619. The molecule has 0 radical (unpaired) electrons. The first kappa shape index (κ1) is 15.4. The largest absolute Gasteiger partial charge is 0.380 e. The number of hydrazine groups is 1. The van der Waals surface area contributed by atoms with Crippen molar-refractivity contribution in [3.05, 3.63) is 34.6 Å². The van der Waals surface area contributed by atoms with E-state index in [1.165, 1.54) is 12.1 Å². The number of nitrogens with two attached hydrogens (primary N) is 1. The van der Waals surface area contributed by atoms with Gasteiger partial charge in [0.05, 0.1) is 12.1 Å². The van der Waals surface area contributed by atoms with Crippen molar-refractivity contribution in [3.63, 3.8) is 0 Å². The van der Waals surface area contributed by atoms with Crippen molar-refractivity contribution < 1.29 is 9.13 Å². The van der Waals surface area contributed by atoms with Crippen LogP contribution in [0.2, 0.25) is 5.02 Å². The summed E-state index contributed by atoms with van der Waals surface area (Å²) in [4.78, 5) is 0. The molecule has 3 nitrogen and oxygen atoms in total. The summed E-state index contributed by atoms with van der Waals surface area (Å²) in [6, 6.07) is 4.21. The predicted octanol–water partition coefficient (Wildman–Crippen LogP) is 2.52. The van der Waals surface area contributed by atoms with E-state index in [0.29, 0.717) is 17.4 Å². The minimum Gasteiger partial charge on any atom is -0.380 e. The fourth-order valence-electron chi connectivity index (χ4n) is 2.11. The van der Waals surface area contributed by atoms with Gasteiger partial charge in [0, 0.05) is 12.1 Å². The maximum atomic E-state index is 13.2. The highest BCUT2D eigenvalue weighted by molar-refractivity contribution is 6.31. The van der Waals surface area contributed by atoms with E-state index in [-0.39, 0.29) is 18.0 Å². The first-order valence-corrected chi connectivity index (χ1v) is 6.30. The van der Waals surface area contributed by atoms with Crippen molar-refractivity contribution in [3.8, 4) is 0 Å². The van der Waals surface area contributed by atoms with E-state index in [4.69, 9.17) is 22.2 Å². The number of halogens is 2. The Morgan fingerprint density at radius 3 is 2.61 bits per heavy atom. The Hall–Kier alpha value is -0.680. The lowest BCUT2D eigenvalue weighted by atomic mass is 9.94. The Kier molecular flexibility index (Phi) is 6.02. The SMILES string of the molecule is COC(C(C)C)C(Cc1cc(F)ccc1Cl)NN. The topological polar surface area (TPSA) is 47.3 Å². The van der Waals surface area contributed by atoms with Crippen molar-refractivity contribution in [1.29, 1.82) is 0 Å². The minimum atomic E-state index is -0.302. The Morgan fingerprint density at radius 2 is 2.11 bits per heavy atom. The van der Waals surface area contributed by atoms with Crippen molar-refractivity contribution in [1.82, 2.24) is 5.43 Å². The molecule has 0 amide bonds. The lowest BCUT2D eigenvalue weighted by molar-refractivity contribution is 0.0332. The molecule has 18 heavy (non-hydrogen) atoms. The summed E-state index contributed by atoms with van der Waals surface area (Å²) in [5.74, 6) is 5.55. The van der Waals surface area contributed by atoms with Crippen LogP contribution >= 0.6 is 11.6 Å². The lowest BCUT2D eigenvalue weighted by Gasteiger charge is -2.28. The van der Waals surface area contributed by atoms with E-state index in [2.05, 4.69) is 5.43 Å². The molecule has 0 saturated carbocycles. The maximum Gasteiger partial charge on any atom is 0.123 e. The van der Waals surface area contributed by atoms with Gasteiger partial charge in [-0.05, 0) is 36.1 Å². The Bertz CT molecular complexity index is 387. The summed E-state index contributed by atoms with van der Waals surface area (Å²) in [6.07, 6.45) is 0.457. The van der Waals surface area contributed by atoms with Gasteiger partial charge in [-0.1, -0.05) is 25.4 Å². The number of nitrogens with one attached hydrogen (secondary N) is 1. The molecule has 2 atom stereocenters. The number of methoxy groups -OCH3 is 1. The number of rotatable bonds is 6. The fraction of sp³-hybridized carbons (Fsp3) is 0.538. The molecule has 0 bridgehead atoms. The highest BCUT2D eigenvalue weighted by atomic mass is 35.5. The Labute approximate surface area is 112 Å². The van der Waals surface area contributed by atoms with E-state index >= 15 is 0 Å². The number of ether oxygens (including phenoxy) is 1. The first-order chi connectivity index (χ1) is 8.49. The zero-order valence-electron chi connectivity index (χ0n) is 10.9. The third-order valence-electron chi connectivity index (χ3n) is 2.99. The normalized spacial score (nSPS) is 14.8. The molecule has 1 rings (SSSR count). The van der Waals surface area contributed by atoms with Crippen LogP contribution < -0.4 is 11.3 Å². The van der Waals surface area contributed by atoms with Gasteiger partial charge in [0.25, 0.3) is 0 Å². The van der Waals surface area contributed by atoms with Crippen molar-refractivity contribution in [2.75, 3.05) is 7.11 Å². The molecular weight excluding hydrogens is 255 g/mol. The minimum absolute atomic E-state index is 0.0608. The Balaban J connectivity index is 2.88. The van der Waals surface area contributed by atoms with Crippen LogP contribution in [-0.4, -0.2) is 19.3 Å². The molecular formula is C13H20ClFN2O. The molecule has 0 saturated heterocycles. The molecule has 0 fully saturated rings. The predicted molar refractivity (Wildman–Crippen MR) is 71.9 cm³/mol. The molecule has 1 aromatic rings. The Morgan fingerprint density at radius 1 is 1.44 bits per heavy atom. The molecule has 1 aromatic carbocycles. The second-order valence-corrected chi connectivity index (χ2v) is 5.06. The van der Waals surface area contributed by atoms with Crippen LogP contribution in [0.15, 0.2) is 18.2 Å². The molecule has 3 N–H and O–H groups in total. The molecule has 0 heterocycles. The molecule has 0 aliphatic carbocycles. The summed E-state index contributed by atoms with van der Waals surface area (Å²) in [5.41, 5.74) is 3.45. The van der Waals surface area contributed by atoms with E-state index < -0.39 is 0 Å². The third-order valence-corrected chi connectivity index (χ3v) is 3.36. The van der Waals surface area contributed by atoms with Crippen LogP contribution in [0.1, 0.15) is 19.4 Å². The summed E-state index contributed by atoms with van der Waals surface area (Å²) in [5, 5.41) is 0.537. The van der Waals surface area contributed by atoms with Crippen molar-refractivity contribution in [2.24, 2.45) is 11.8 Å². The van der Waals surface area contributed by atoms with Gasteiger partial charge in [0.1, 0.15) is 5.82 Å². The average Bonchev–Trinajstić information content (AvgIpc) is 2.32. The lowest BCUT2D eigenvalue weighted by Crippen LogP contribution is -2.48. The van der Waals surface area contributed by atoms with Gasteiger partial charge >= 0.3 is 0 Å². The summed E-state index contributed by atoms with van der Waals surface area (Å²) in [7, 11) is 1.64. The van der Waals surface area contributed by atoms with Gasteiger partial charge in [0.2, 0.25) is 0 Å². The zero-order chi connectivity index (χ0) is 13.7. The van der Waals surface area contributed by atoms with Crippen LogP contribution in [0.5, 0.6) is 0 Å². The zero-order valence-corrected chi connectivity index (χ0v) is 11.7. The summed E-state index contributed by atoms with van der Waals surface area (Å²) in [6.45, 7) is 4.09. The van der Waals surface area contributed by atoms with E-state index in [0.717, 1.165) is 5.56 Å². The smallest absolute Gasteiger partial charge is 0.123 e. The summed E-state index contributed by atoms with van der Waals surface area (Å²) < 4.78 is 18.6. The highest BCUT2D eigenvalue weighted by Crippen LogP contribution is 2.21. The molecule has 0 aromatic heterocycles. The van der Waals surface area contributed by atoms with Gasteiger partial charge in [-0.2, -0.15) is 0 Å². The standard InChI is InChI=1S/C13H20ClFN2O/c1-8(2)13(18-3)12(17-16)7-9-6-10(15)4-5-11(9)14/h4-6,8,12-13,17H,7,16H2,1-3H3. The number of hydrogen-bond acceptors (Lipinski definition) is 3. The van der Waals surface area contributed by atoms with Crippen molar-refractivity contribution in [2.45, 2.75) is 32.4 Å². The second kappa shape index (κ2) is 7.04. The van der Waals surface area contributed by atoms with Crippen LogP contribution in [0.4, 0.5) is 4.39 Å². The highest BCUT2D eigenvalue weighted by Gasteiger charge is 2.24. The molecule has 5 heteroatoms. The van der Waals surface area contributed by atoms with E-state index in [1.54, 1.807) is 13.2 Å². The fourth-order valence-corrected chi connectivity index (χ4v) is 2.30. The van der Waals surface area contributed by atoms with Crippen LogP contribution in [0.3, 0.4) is 0 Å². The number of benzene rings is 1. The molecule has 102 valence electrons. The molecule has 0 aliphatic heterocycles. The third kappa shape index (κ3) is 3.92. The summed E-state index contributed by atoms with van der Waals surface area (Å²) >= 11 is 6.05. The van der Waals surface area contributed by atoms with Gasteiger partial charge in [-0.15, -0.1) is 0 Å². The van der Waals surface area contributed by atoms with Crippen LogP contribution in [0, 0.1) is 11.7 Å². The van der Waals surface area contributed by atoms with Gasteiger partial charge in [-0.25, -0.2) is 4.39 Å². The van der Waals surface area contributed by atoms with Crippen LogP contribution in [0.25, 0.3) is 0 Å². The van der Waals surface area contributed by atoms with E-state index in [1.807, 2.05) is 13.8 Å². The van der Waals surface area contributed by atoms with E-state index in [9.17, 15) is 4.39 Å². The van der Waals surface area contributed by atoms with Crippen molar-refractivity contribution >= 4 is 11.6 Å². The van der Waals surface area contributed by atoms with Gasteiger partial charge in [-0.3, -0.25) is 11.3 Å².